The molecule has 0 unspecified atom stereocenters. The Labute approximate surface area is 109 Å². The first-order valence-corrected chi connectivity index (χ1v) is 6.15. The molecule has 0 bridgehead atoms. The number of imidazole rings is 1. The first kappa shape index (κ1) is 11.7. The highest BCUT2D eigenvalue weighted by atomic mass is 16.4. The summed E-state index contributed by atoms with van der Waals surface area (Å²) < 4.78 is 0. The number of aromatic amines is 1. The summed E-state index contributed by atoms with van der Waals surface area (Å²) in [5, 5.41) is 9.09. The number of para-hydroxylation sites is 2. The van der Waals surface area contributed by atoms with Gasteiger partial charge in [0.1, 0.15) is 6.04 Å². The molecule has 1 amide bonds. The Kier molecular flexibility index (Phi) is 2.70. The third-order valence-corrected chi connectivity index (χ3v) is 3.39. The van der Waals surface area contributed by atoms with Crippen LogP contribution in [0.4, 0.5) is 0 Å². The molecule has 1 fully saturated rings. The lowest BCUT2D eigenvalue weighted by molar-refractivity contribution is -0.141. The van der Waals surface area contributed by atoms with Gasteiger partial charge in [0.25, 0.3) is 5.91 Å². The van der Waals surface area contributed by atoms with Gasteiger partial charge in [-0.25, -0.2) is 9.78 Å². The van der Waals surface area contributed by atoms with Crippen molar-refractivity contribution >= 4 is 22.9 Å². The molecule has 19 heavy (non-hydrogen) atoms. The molecule has 2 heterocycles. The van der Waals surface area contributed by atoms with Crippen molar-refractivity contribution in [1.29, 1.82) is 0 Å². The number of nitrogens with one attached hydrogen (secondary N) is 1. The van der Waals surface area contributed by atoms with E-state index in [1.54, 1.807) is 6.07 Å². The summed E-state index contributed by atoms with van der Waals surface area (Å²) >= 11 is 0. The van der Waals surface area contributed by atoms with Crippen LogP contribution in [-0.2, 0) is 4.79 Å². The molecule has 2 aromatic rings. The number of hydrogen-bond donors (Lipinski definition) is 2. The van der Waals surface area contributed by atoms with Crippen LogP contribution in [0.1, 0.15) is 23.5 Å². The van der Waals surface area contributed by atoms with Crippen LogP contribution in [0, 0.1) is 0 Å². The predicted molar refractivity (Wildman–Crippen MR) is 67.8 cm³/mol. The normalized spacial score (nSPS) is 18.9. The standard InChI is InChI=1S/C13H13N3O3/c17-12(16-7-3-6-10(16)13(18)19)11-14-8-4-1-2-5-9(8)15-11/h1-2,4-5,10H,3,6-7H2,(H,14,15)(H,18,19)/t10-/m0/s1. The number of hydrogen-bond acceptors (Lipinski definition) is 3. The van der Waals surface area contributed by atoms with Gasteiger partial charge in [0.05, 0.1) is 11.0 Å². The van der Waals surface area contributed by atoms with Crippen LogP contribution >= 0.6 is 0 Å². The number of aromatic nitrogens is 2. The number of carbonyl (C=O) groups excluding carboxylic acids is 1. The molecule has 0 radical (unpaired) electrons. The van der Waals surface area contributed by atoms with E-state index in [1.807, 2.05) is 18.2 Å². The fourth-order valence-electron chi connectivity index (χ4n) is 2.46. The molecule has 98 valence electrons. The molecule has 1 aliphatic rings. The molecule has 1 atom stereocenters. The molecule has 2 N–H and O–H groups in total. The molecule has 1 aromatic carbocycles. The zero-order chi connectivity index (χ0) is 13.4. The maximum Gasteiger partial charge on any atom is 0.326 e. The molecule has 1 aliphatic heterocycles. The van der Waals surface area contributed by atoms with Crippen LogP contribution in [0.3, 0.4) is 0 Å². The van der Waals surface area contributed by atoms with Crippen molar-refractivity contribution in [2.24, 2.45) is 0 Å². The Morgan fingerprint density at radius 3 is 2.89 bits per heavy atom. The number of fused-ring (bicyclic) bond motifs is 1. The van der Waals surface area contributed by atoms with Crippen molar-refractivity contribution in [1.82, 2.24) is 14.9 Å². The number of nitrogens with zero attached hydrogens (tertiary/aromatic N) is 2. The summed E-state index contributed by atoms with van der Waals surface area (Å²) in [6, 6.07) is 6.59. The third-order valence-electron chi connectivity index (χ3n) is 3.39. The number of carboxylic acids is 1. The maximum atomic E-state index is 12.3. The number of aliphatic carboxylic acids is 1. The van der Waals surface area contributed by atoms with Crippen LogP contribution < -0.4 is 0 Å². The molecule has 6 heteroatoms. The van der Waals surface area contributed by atoms with E-state index in [0.29, 0.717) is 24.9 Å². The molecule has 0 aliphatic carbocycles. The van der Waals surface area contributed by atoms with E-state index in [4.69, 9.17) is 5.11 Å². The first-order chi connectivity index (χ1) is 9.16. The van der Waals surface area contributed by atoms with Gasteiger partial charge in [-0.3, -0.25) is 4.79 Å². The first-order valence-electron chi connectivity index (χ1n) is 6.15. The van der Waals surface area contributed by atoms with Gasteiger partial charge in [0, 0.05) is 6.54 Å². The summed E-state index contributed by atoms with van der Waals surface area (Å²) in [5.41, 5.74) is 1.48. The Bertz CT molecular complexity index is 616. The zero-order valence-electron chi connectivity index (χ0n) is 10.2. The second-order valence-corrected chi connectivity index (χ2v) is 4.60. The zero-order valence-corrected chi connectivity index (χ0v) is 10.2. The molecule has 0 spiro atoms. The minimum Gasteiger partial charge on any atom is -0.480 e. The molecule has 0 saturated carbocycles. The van der Waals surface area contributed by atoms with E-state index in [9.17, 15) is 9.59 Å². The van der Waals surface area contributed by atoms with Gasteiger partial charge in [0.15, 0.2) is 5.82 Å². The smallest absolute Gasteiger partial charge is 0.326 e. The second-order valence-electron chi connectivity index (χ2n) is 4.60. The van der Waals surface area contributed by atoms with Crippen molar-refractivity contribution < 1.29 is 14.7 Å². The lowest BCUT2D eigenvalue weighted by Gasteiger charge is -2.19. The van der Waals surface area contributed by atoms with Crippen molar-refractivity contribution in [2.45, 2.75) is 18.9 Å². The molecule has 6 nitrogen and oxygen atoms in total. The average Bonchev–Trinajstić information content (AvgIpc) is 3.04. The number of likely N-dealkylation sites (tertiary alicyclic amines) is 1. The summed E-state index contributed by atoms with van der Waals surface area (Å²) in [6.07, 6.45) is 1.21. The van der Waals surface area contributed by atoms with Gasteiger partial charge in [0.2, 0.25) is 0 Å². The van der Waals surface area contributed by atoms with Gasteiger partial charge in [-0.05, 0) is 25.0 Å². The highest BCUT2D eigenvalue weighted by molar-refractivity contribution is 5.96. The van der Waals surface area contributed by atoms with Crippen LogP contribution in [0.25, 0.3) is 11.0 Å². The van der Waals surface area contributed by atoms with E-state index < -0.39 is 12.0 Å². The van der Waals surface area contributed by atoms with E-state index >= 15 is 0 Å². The van der Waals surface area contributed by atoms with Gasteiger partial charge in [-0.15, -0.1) is 0 Å². The fraction of sp³-hybridized carbons (Fsp3) is 0.308. The second kappa shape index (κ2) is 4.38. The number of H-pyrrole nitrogens is 1. The molecular formula is C13H13N3O3. The monoisotopic (exact) mass is 259 g/mol. The quantitative estimate of drug-likeness (QED) is 0.849. The lowest BCUT2D eigenvalue weighted by Crippen LogP contribution is -2.40. The Morgan fingerprint density at radius 2 is 2.16 bits per heavy atom. The fourth-order valence-corrected chi connectivity index (χ4v) is 2.46. The Hall–Kier alpha value is -2.37. The van der Waals surface area contributed by atoms with E-state index in [1.165, 1.54) is 4.90 Å². The number of amides is 1. The largest absolute Gasteiger partial charge is 0.480 e. The predicted octanol–water partition coefficient (Wildman–Crippen LogP) is 1.25. The lowest BCUT2D eigenvalue weighted by atomic mass is 10.2. The van der Waals surface area contributed by atoms with E-state index in [0.717, 1.165) is 5.52 Å². The number of carboxylic acid groups (broad SMARTS) is 1. The average molecular weight is 259 g/mol. The third kappa shape index (κ3) is 1.95. The van der Waals surface area contributed by atoms with Gasteiger partial charge >= 0.3 is 5.97 Å². The highest BCUT2D eigenvalue weighted by Gasteiger charge is 2.35. The summed E-state index contributed by atoms with van der Waals surface area (Å²) in [4.78, 5) is 31.9. The molecule has 1 saturated heterocycles. The van der Waals surface area contributed by atoms with Gasteiger partial charge < -0.3 is 15.0 Å². The van der Waals surface area contributed by atoms with Crippen LogP contribution in [0.15, 0.2) is 24.3 Å². The Balaban J connectivity index is 1.93. The van der Waals surface area contributed by atoms with Crippen LogP contribution in [-0.4, -0.2) is 44.4 Å². The van der Waals surface area contributed by atoms with Crippen molar-refractivity contribution in [3.05, 3.63) is 30.1 Å². The number of benzene rings is 1. The minimum absolute atomic E-state index is 0.203. The van der Waals surface area contributed by atoms with Crippen molar-refractivity contribution in [3.8, 4) is 0 Å². The summed E-state index contributed by atoms with van der Waals surface area (Å²) in [5.74, 6) is -1.10. The topological polar surface area (TPSA) is 86.3 Å². The number of rotatable bonds is 2. The molecule has 3 rings (SSSR count). The van der Waals surface area contributed by atoms with Crippen LogP contribution in [0.5, 0.6) is 0 Å². The minimum atomic E-state index is -0.957. The van der Waals surface area contributed by atoms with Crippen molar-refractivity contribution in [3.63, 3.8) is 0 Å². The van der Waals surface area contributed by atoms with Gasteiger partial charge in [-0.2, -0.15) is 0 Å². The maximum absolute atomic E-state index is 12.3. The molecular weight excluding hydrogens is 246 g/mol. The van der Waals surface area contributed by atoms with Gasteiger partial charge in [-0.1, -0.05) is 12.1 Å². The Morgan fingerprint density at radius 1 is 1.37 bits per heavy atom. The SMILES string of the molecule is O=C(O)[C@@H]1CCCN1C(=O)c1nc2ccccc2[nH]1. The van der Waals surface area contributed by atoms with E-state index in [2.05, 4.69) is 9.97 Å². The van der Waals surface area contributed by atoms with E-state index in [-0.39, 0.29) is 11.7 Å². The van der Waals surface area contributed by atoms with Crippen molar-refractivity contribution in [2.75, 3.05) is 6.54 Å². The summed E-state index contributed by atoms with van der Waals surface area (Å²) in [6.45, 7) is 0.465. The van der Waals surface area contributed by atoms with Crippen LogP contribution in [0.2, 0.25) is 0 Å². The number of carbonyl (C=O) groups is 2. The molecule has 1 aromatic heterocycles. The summed E-state index contributed by atoms with van der Waals surface area (Å²) in [7, 11) is 0. The highest BCUT2D eigenvalue weighted by Crippen LogP contribution is 2.20.